The van der Waals surface area contributed by atoms with E-state index < -0.39 is 0 Å². The number of ether oxygens (including phenoxy) is 2. The Morgan fingerprint density at radius 1 is 0.778 bits per heavy atom. The van der Waals surface area contributed by atoms with E-state index in [0.717, 1.165) is 22.7 Å². The fourth-order valence-electron chi connectivity index (χ4n) is 3.00. The maximum Gasteiger partial charge on any atom is 0.166 e. The SMILES string of the molecule is COc1cccc(CNc2ccc(C)c(C)c2)c1OCc1ccccc1C. The summed E-state index contributed by atoms with van der Waals surface area (Å²) in [6, 6.07) is 20.7. The quantitative estimate of drug-likeness (QED) is 0.576. The number of aryl methyl sites for hydroxylation is 3. The van der Waals surface area contributed by atoms with Crippen LogP contribution in [0.15, 0.2) is 60.7 Å². The van der Waals surface area contributed by atoms with Gasteiger partial charge in [-0.05, 0) is 61.2 Å². The van der Waals surface area contributed by atoms with Crippen molar-refractivity contribution in [3.05, 3.63) is 88.5 Å². The molecule has 0 bridgehead atoms. The summed E-state index contributed by atoms with van der Waals surface area (Å²) in [4.78, 5) is 0. The fourth-order valence-corrected chi connectivity index (χ4v) is 3.00. The number of hydrogen-bond donors (Lipinski definition) is 1. The molecule has 3 rings (SSSR count). The fraction of sp³-hybridized carbons (Fsp3) is 0.250. The summed E-state index contributed by atoms with van der Waals surface area (Å²) in [6.07, 6.45) is 0. The zero-order chi connectivity index (χ0) is 19.2. The van der Waals surface area contributed by atoms with Crippen molar-refractivity contribution in [2.75, 3.05) is 12.4 Å². The lowest BCUT2D eigenvalue weighted by Gasteiger charge is -2.17. The van der Waals surface area contributed by atoms with Gasteiger partial charge in [-0.2, -0.15) is 0 Å². The van der Waals surface area contributed by atoms with Crippen molar-refractivity contribution in [3.63, 3.8) is 0 Å². The lowest BCUT2D eigenvalue weighted by atomic mass is 10.1. The number of hydrogen-bond acceptors (Lipinski definition) is 3. The van der Waals surface area contributed by atoms with Gasteiger partial charge in [-0.1, -0.05) is 42.5 Å². The molecule has 140 valence electrons. The summed E-state index contributed by atoms with van der Waals surface area (Å²) in [5.74, 6) is 1.54. The minimum Gasteiger partial charge on any atom is -0.493 e. The van der Waals surface area contributed by atoms with Gasteiger partial charge in [-0.15, -0.1) is 0 Å². The molecule has 0 atom stereocenters. The molecule has 0 aliphatic heterocycles. The van der Waals surface area contributed by atoms with Crippen molar-refractivity contribution < 1.29 is 9.47 Å². The number of nitrogens with one attached hydrogen (secondary N) is 1. The highest BCUT2D eigenvalue weighted by Crippen LogP contribution is 2.32. The summed E-state index contributed by atoms with van der Waals surface area (Å²) in [5.41, 5.74) is 7.15. The van der Waals surface area contributed by atoms with E-state index in [1.807, 2.05) is 24.3 Å². The molecule has 0 aliphatic rings. The van der Waals surface area contributed by atoms with E-state index in [2.05, 4.69) is 62.5 Å². The van der Waals surface area contributed by atoms with E-state index >= 15 is 0 Å². The van der Waals surface area contributed by atoms with Gasteiger partial charge in [0.15, 0.2) is 11.5 Å². The monoisotopic (exact) mass is 361 g/mol. The van der Waals surface area contributed by atoms with Crippen LogP contribution in [0.3, 0.4) is 0 Å². The first-order chi connectivity index (χ1) is 13.1. The zero-order valence-electron chi connectivity index (χ0n) is 16.5. The third-order valence-corrected chi connectivity index (χ3v) is 4.90. The van der Waals surface area contributed by atoms with Gasteiger partial charge in [0.25, 0.3) is 0 Å². The van der Waals surface area contributed by atoms with Crippen LogP contribution in [0.4, 0.5) is 5.69 Å². The van der Waals surface area contributed by atoms with E-state index in [1.165, 1.54) is 22.3 Å². The molecule has 0 radical (unpaired) electrons. The predicted molar refractivity (Wildman–Crippen MR) is 112 cm³/mol. The van der Waals surface area contributed by atoms with Gasteiger partial charge in [0.1, 0.15) is 6.61 Å². The summed E-state index contributed by atoms with van der Waals surface area (Å²) in [5, 5.41) is 3.49. The molecule has 0 unspecified atom stereocenters. The molecule has 27 heavy (non-hydrogen) atoms. The maximum atomic E-state index is 6.19. The number of anilines is 1. The number of benzene rings is 3. The Bertz CT molecular complexity index is 918. The van der Waals surface area contributed by atoms with Crippen molar-refractivity contribution in [1.82, 2.24) is 0 Å². The van der Waals surface area contributed by atoms with Crippen LogP contribution in [0.2, 0.25) is 0 Å². The molecule has 0 heterocycles. The normalized spacial score (nSPS) is 10.5. The van der Waals surface area contributed by atoms with Crippen LogP contribution in [0.25, 0.3) is 0 Å². The first-order valence-electron chi connectivity index (χ1n) is 9.23. The van der Waals surface area contributed by atoms with Crippen LogP contribution in [0, 0.1) is 20.8 Å². The highest BCUT2D eigenvalue weighted by molar-refractivity contribution is 5.52. The molecule has 0 aliphatic carbocycles. The molecule has 0 amide bonds. The third-order valence-electron chi connectivity index (χ3n) is 4.90. The van der Waals surface area contributed by atoms with E-state index in [4.69, 9.17) is 9.47 Å². The molecule has 0 saturated carbocycles. The average Bonchev–Trinajstić information content (AvgIpc) is 2.68. The Hall–Kier alpha value is -2.94. The standard InChI is InChI=1S/C24H27NO2/c1-17-12-13-22(14-19(17)3)25-15-20-10-7-11-23(26-4)24(20)27-16-21-9-6-5-8-18(21)2/h5-14,25H,15-16H2,1-4H3. The predicted octanol–water partition coefficient (Wildman–Crippen LogP) is 5.81. The molecule has 3 nitrogen and oxygen atoms in total. The number of methoxy groups -OCH3 is 1. The average molecular weight is 361 g/mol. The Balaban J connectivity index is 1.78. The van der Waals surface area contributed by atoms with Crippen molar-refractivity contribution in [3.8, 4) is 11.5 Å². The number of para-hydroxylation sites is 1. The van der Waals surface area contributed by atoms with E-state index in [1.54, 1.807) is 7.11 Å². The second-order valence-corrected chi connectivity index (χ2v) is 6.82. The molecule has 3 heteroatoms. The lowest BCUT2D eigenvalue weighted by molar-refractivity contribution is 0.281. The van der Waals surface area contributed by atoms with Gasteiger partial charge in [0.05, 0.1) is 7.11 Å². The van der Waals surface area contributed by atoms with Gasteiger partial charge in [-0.3, -0.25) is 0 Å². The molecule has 3 aromatic carbocycles. The maximum absolute atomic E-state index is 6.19. The Morgan fingerprint density at radius 2 is 1.56 bits per heavy atom. The van der Waals surface area contributed by atoms with E-state index in [0.29, 0.717) is 13.2 Å². The highest BCUT2D eigenvalue weighted by atomic mass is 16.5. The molecular weight excluding hydrogens is 334 g/mol. The van der Waals surface area contributed by atoms with Crippen LogP contribution in [0.5, 0.6) is 11.5 Å². The van der Waals surface area contributed by atoms with E-state index in [9.17, 15) is 0 Å². The minimum atomic E-state index is 0.518. The molecule has 1 N–H and O–H groups in total. The van der Waals surface area contributed by atoms with Gasteiger partial charge in [0, 0.05) is 17.8 Å². The first kappa shape index (κ1) is 18.8. The van der Waals surface area contributed by atoms with Crippen molar-refractivity contribution >= 4 is 5.69 Å². The Labute approximate surface area is 162 Å². The Morgan fingerprint density at radius 3 is 2.30 bits per heavy atom. The van der Waals surface area contributed by atoms with E-state index in [-0.39, 0.29) is 0 Å². The first-order valence-corrected chi connectivity index (χ1v) is 9.23. The van der Waals surface area contributed by atoms with Gasteiger partial charge < -0.3 is 14.8 Å². The molecule has 3 aromatic rings. The van der Waals surface area contributed by atoms with Crippen LogP contribution in [-0.2, 0) is 13.2 Å². The highest BCUT2D eigenvalue weighted by Gasteiger charge is 2.11. The third kappa shape index (κ3) is 4.62. The summed E-state index contributed by atoms with van der Waals surface area (Å²) in [7, 11) is 1.68. The minimum absolute atomic E-state index is 0.518. The largest absolute Gasteiger partial charge is 0.493 e. The second kappa shape index (κ2) is 8.63. The molecule has 0 fully saturated rings. The second-order valence-electron chi connectivity index (χ2n) is 6.82. The van der Waals surface area contributed by atoms with Crippen LogP contribution in [-0.4, -0.2) is 7.11 Å². The molecule has 0 aromatic heterocycles. The molecule has 0 spiro atoms. The van der Waals surface area contributed by atoms with Crippen molar-refractivity contribution in [2.24, 2.45) is 0 Å². The lowest BCUT2D eigenvalue weighted by Crippen LogP contribution is -2.06. The summed E-state index contributed by atoms with van der Waals surface area (Å²) in [6.45, 7) is 7.54. The van der Waals surface area contributed by atoms with Gasteiger partial charge in [-0.25, -0.2) is 0 Å². The van der Waals surface area contributed by atoms with Crippen molar-refractivity contribution in [1.29, 1.82) is 0 Å². The molecular formula is C24H27NO2. The Kier molecular flexibility index (Phi) is 6.02. The van der Waals surface area contributed by atoms with Gasteiger partial charge >= 0.3 is 0 Å². The smallest absolute Gasteiger partial charge is 0.166 e. The number of rotatable bonds is 7. The van der Waals surface area contributed by atoms with Gasteiger partial charge in [0.2, 0.25) is 0 Å². The summed E-state index contributed by atoms with van der Waals surface area (Å²) < 4.78 is 11.7. The zero-order valence-corrected chi connectivity index (χ0v) is 16.5. The van der Waals surface area contributed by atoms with Crippen molar-refractivity contribution in [2.45, 2.75) is 33.9 Å². The van der Waals surface area contributed by atoms with Crippen LogP contribution in [0.1, 0.15) is 27.8 Å². The molecule has 0 saturated heterocycles. The van der Waals surface area contributed by atoms with Crippen LogP contribution >= 0.6 is 0 Å². The van der Waals surface area contributed by atoms with Crippen LogP contribution < -0.4 is 14.8 Å². The topological polar surface area (TPSA) is 30.5 Å². The summed E-state index contributed by atoms with van der Waals surface area (Å²) >= 11 is 0.